The highest BCUT2D eigenvalue weighted by atomic mass is 15.2. The second kappa shape index (κ2) is 18.6. The lowest BCUT2D eigenvalue weighted by molar-refractivity contribution is 0.731. The quantitative estimate of drug-likeness (QED) is 0.142. The number of anilines is 6. The van der Waals surface area contributed by atoms with Crippen molar-refractivity contribution < 1.29 is 0 Å². The van der Waals surface area contributed by atoms with Crippen molar-refractivity contribution in [2.45, 2.75) is 10.8 Å². The standard InChI is InChI=1S/C74H52N2/c1-5-27-59(28-6-1)73(60-29-7-2-8-30-60)65-35-13-17-39-69(65)75(70-40-18-14-36-66(70)73)63-47-43-53(44-48-63)55-23-21-25-57(51-55)58-26-22-24-56(52-58)54-45-49-64(50-46-54)76-71-41-19-15-37-67(71)74(61-31-9-3-10-32-61,62-33-11-4-12-34-62)68-38-16-20-42-72(68)76/h1-52H. The van der Waals surface area contributed by atoms with Gasteiger partial charge in [-0.3, -0.25) is 0 Å². The van der Waals surface area contributed by atoms with Crippen LogP contribution in [0.5, 0.6) is 0 Å². The first-order chi connectivity index (χ1) is 37.7. The van der Waals surface area contributed by atoms with Gasteiger partial charge < -0.3 is 9.80 Å². The number of hydrogen-bond donors (Lipinski definition) is 0. The second-order valence-corrected chi connectivity index (χ2v) is 20.0. The molecule has 2 nitrogen and oxygen atoms in total. The van der Waals surface area contributed by atoms with Crippen LogP contribution in [0.15, 0.2) is 315 Å². The zero-order valence-electron chi connectivity index (χ0n) is 41.9. The van der Waals surface area contributed by atoms with Crippen molar-refractivity contribution >= 4 is 34.1 Å². The van der Waals surface area contributed by atoms with Gasteiger partial charge in [-0.15, -0.1) is 0 Å². The number of nitrogens with zero attached hydrogens (tertiary/aromatic N) is 2. The summed E-state index contributed by atoms with van der Waals surface area (Å²) in [6.45, 7) is 0. The molecule has 0 aromatic heterocycles. The van der Waals surface area contributed by atoms with Crippen molar-refractivity contribution in [2.24, 2.45) is 0 Å². The van der Waals surface area contributed by atoms with Gasteiger partial charge in [-0.25, -0.2) is 0 Å². The molecular formula is C74H52N2. The summed E-state index contributed by atoms with van der Waals surface area (Å²) in [5, 5.41) is 0. The smallest absolute Gasteiger partial charge is 0.0742 e. The topological polar surface area (TPSA) is 6.48 Å². The predicted molar refractivity (Wildman–Crippen MR) is 316 cm³/mol. The van der Waals surface area contributed by atoms with Crippen LogP contribution in [0.4, 0.5) is 34.1 Å². The molecule has 0 fully saturated rings. The molecule has 0 bridgehead atoms. The Balaban J connectivity index is 0.778. The van der Waals surface area contributed by atoms with E-state index in [0.29, 0.717) is 0 Å². The molecule has 0 amide bonds. The predicted octanol–water partition coefficient (Wildman–Crippen LogP) is 19.0. The molecule has 76 heavy (non-hydrogen) atoms. The largest absolute Gasteiger partial charge is 0.310 e. The van der Waals surface area contributed by atoms with E-state index in [1.54, 1.807) is 0 Å². The summed E-state index contributed by atoms with van der Waals surface area (Å²) in [6, 6.07) is 116. The van der Waals surface area contributed by atoms with E-state index in [0.717, 1.165) is 11.4 Å². The minimum Gasteiger partial charge on any atom is -0.310 e. The summed E-state index contributed by atoms with van der Waals surface area (Å²) >= 11 is 0. The Labute approximate surface area is 445 Å². The van der Waals surface area contributed by atoms with Crippen molar-refractivity contribution in [3.05, 3.63) is 360 Å². The van der Waals surface area contributed by atoms with Crippen LogP contribution in [0.3, 0.4) is 0 Å². The Morgan fingerprint density at radius 1 is 0.184 bits per heavy atom. The first kappa shape index (κ1) is 44.9. The Bertz CT molecular complexity index is 3590. The van der Waals surface area contributed by atoms with Crippen LogP contribution in [0, 0.1) is 0 Å². The summed E-state index contributed by atoms with van der Waals surface area (Å²) in [5.74, 6) is 0. The number of fused-ring (bicyclic) bond motifs is 4. The molecular weight excluding hydrogens is 917 g/mol. The van der Waals surface area contributed by atoms with E-state index in [1.807, 2.05) is 0 Å². The van der Waals surface area contributed by atoms with Gasteiger partial charge in [0.25, 0.3) is 0 Å². The molecule has 2 heterocycles. The molecule has 0 spiro atoms. The van der Waals surface area contributed by atoms with Crippen molar-refractivity contribution in [3.8, 4) is 33.4 Å². The summed E-state index contributed by atoms with van der Waals surface area (Å²) in [4.78, 5) is 4.89. The van der Waals surface area contributed by atoms with E-state index >= 15 is 0 Å². The Morgan fingerprint density at radius 2 is 0.421 bits per heavy atom. The summed E-state index contributed by atoms with van der Waals surface area (Å²) in [6.07, 6.45) is 0. The lowest BCUT2D eigenvalue weighted by atomic mass is 9.62. The molecule has 0 saturated heterocycles. The van der Waals surface area contributed by atoms with Gasteiger partial charge in [-0.2, -0.15) is 0 Å². The van der Waals surface area contributed by atoms with Gasteiger partial charge in [0.1, 0.15) is 0 Å². The van der Waals surface area contributed by atoms with Gasteiger partial charge in [-0.1, -0.05) is 255 Å². The summed E-state index contributed by atoms with van der Waals surface area (Å²) < 4.78 is 0. The number of rotatable bonds is 9. The van der Waals surface area contributed by atoms with Crippen LogP contribution < -0.4 is 9.80 Å². The van der Waals surface area contributed by atoms with Crippen LogP contribution in [-0.2, 0) is 10.8 Å². The minimum atomic E-state index is -0.499. The maximum Gasteiger partial charge on any atom is 0.0742 e. The highest BCUT2D eigenvalue weighted by Crippen LogP contribution is 2.59. The van der Waals surface area contributed by atoms with Gasteiger partial charge in [0.2, 0.25) is 0 Å². The Hall–Kier alpha value is -9.76. The van der Waals surface area contributed by atoms with Crippen LogP contribution in [0.2, 0.25) is 0 Å². The first-order valence-corrected chi connectivity index (χ1v) is 26.3. The molecule has 14 rings (SSSR count). The number of para-hydroxylation sites is 4. The van der Waals surface area contributed by atoms with Crippen molar-refractivity contribution in [2.75, 3.05) is 9.80 Å². The van der Waals surface area contributed by atoms with E-state index < -0.39 is 10.8 Å². The fourth-order valence-corrected chi connectivity index (χ4v) is 12.7. The second-order valence-electron chi connectivity index (χ2n) is 20.0. The van der Waals surface area contributed by atoms with E-state index in [2.05, 4.69) is 325 Å². The van der Waals surface area contributed by atoms with Gasteiger partial charge in [0.15, 0.2) is 0 Å². The molecule has 0 saturated carbocycles. The molecule has 0 unspecified atom stereocenters. The molecule has 2 aliphatic heterocycles. The highest BCUT2D eigenvalue weighted by Gasteiger charge is 2.48. The molecule has 0 radical (unpaired) electrons. The molecule has 0 atom stereocenters. The number of hydrogen-bond acceptors (Lipinski definition) is 2. The van der Waals surface area contributed by atoms with Crippen molar-refractivity contribution in [3.63, 3.8) is 0 Å². The van der Waals surface area contributed by atoms with E-state index in [-0.39, 0.29) is 0 Å². The van der Waals surface area contributed by atoms with Gasteiger partial charge >= 0.3 is 0 Å². The summed E-state index contributed by atoms with van der Waals surface area (Å²) in [5.41, 5.74) is 23.0. The average molecular weight is 969 g/mol. The van der Waals surface area contributed by atoms with Crippen LogP contribution >= 0.6 is 0 Å². The normalized spacial score (nSPS) is 13.7. The fourth-order valence-electron chi connectivity index (χ4n) is 12.7. The lowest BCUT2D eigenvalue weighted by Gasteiger charge is -2.46. The molecule has 0 N–H and O–H groups in total. The van der Waals surface area contributed by atoms with E-state index in [4.69, 9.17) is 0 Å². The third kappa shape index (κ3) is 7.10. The SMILES string of the molecule is c1ccc(C2(c3ccccc3)c3ccccc3N(c3ccc(-c4cccc(-c5cccc(-c6ccc(N7c8ccccc8C(c8ccccc8)(c8ccccc8)c8ccccc87)cc6)c5)c4)cc3)c3ccccc32)cc1. The first-order valence-electron chi connectivity index (χ1n) is 26.3. The van der Waals surface area contributed by atoms with Crippen LogP contribution in [0.25, 0.3) is 33.4 Å². The Kier molecular flexibility index (Phi) is 11.0. The lowest BCUT2D eigenvalue weighted by Crippen LogP contribution is -2.37. The van der Waals surface area contributed by atoms with E-state index in [1.165, 1.54) is 101 Å². The molecule has 12 aromatic carbocycles. The molecule has 2 aliphatic rings. The molecule has 12 aromatic rings. The van der Waals surface area contributed by atoms with Crippen LogP contribution in [0.1, 0.15) is 44.5 Å². The highest BCUT2D eigenvalue weighted by molar-refractivity contribution is 5.92. The fraction of sp³-hybridized carbons (Fsp3) is 0.0270. The zero-order chi connectivity index (χ0) is 50.5. The zero-order valence-corrected chi connectivity index (χ0v) is 41.9. The average Bonchev–Trinajstić information content (AvgIpc) is 3.56. The Morgan fingerprint density at radius 3 is 0.697 bits per heavy atom. The number of benzene rings is 12. The molecule has 0 aliphatic carbocycles. The third-order valence-corrected chi connectivity index (χ3v) is 16.0. The van der Waals surface area contributed by atoms with Gasteiger partial charge in [0.05, 0.1) is 33.6 Å². The maximum absolute atomic E-state index is 2.44. The summed E-state index contributed by atoms with van der Waals surface area (Å²) in [7, 11) is 0. The third-order valence-electron chi connectivity index (χ3n) is 16.0. The van der Waals surface area contributed by atoms with Gasteiger partial charge in [0, 0.05) is 11.4 Å². The van der Waals surface area contributed by atoms with Gasteiger partial charge in [-0.05, 0) is 139 Å². The van der Waals surface area contributed by atoms with Crippen molar-refractivity contribution in [1.29, 1.82) is 0 Å². The minimum absolute atomic E-state index is 0.499. The van der Waals surface area contributed by atoms with Crippen molar-refractivity contribution in [1.82, 2.24) is 0 Å². The van der Waals surface area contributed by atoms with E-state index in [9.17, 15) is 0 Å². The monoisotopic (exact) mass is 968 g/mol. The molecule has 2 heteroatoms. The van der Waals surface area contributed by atoms with Crippen LogP contribution in [-0.4, -0.2) is 0 Å². The maximum atomic E-state index is 2.44. The molecule has 358 valence electrons.